The van der Waals surface area contributed by atoms with Crippen molar-refractivity contribution < 1.29 is 47.7 Å². The Morgan fingerprint density at radius 3 is 1.42 bits per heavy atom. The van der Waals surface area contributed by atoms with Gasteiger partial charge in [-0.15, -0.1) is 0 Å². The summed E-state index contributed by atoms with van der Waals surface area (Å²) in [6.45, 7) is 10.1. The molecular weight excluding hydrogens is 618 g/mol. The van der Waals surface area contributed by atoms with E-state index in [0.29, 0.717) is 6.34 Å². The first-order chi connectivity index (χ1) is 13.9. The van der Waals surface area contributed by atoms with Gasteiger partial charge in [-0.1, -0.05) is 0 Å². The minimum absolute atomic E-state index is 0. The van der Waals surface area contributed by atoms with E-state index in [2.05, 4.69) is 63.4 Å². The van der Waals surface area contributed by atoms with Crippen molar-refractivity contribution in [1.82, 2.24) is 0 Å². The number of rotatable bonds is 10. The molecule has 2 atom stereocenters. The van der Waals surface area contributed by atoms with Gasteiger partial charge in [0.05, 0.1) is 0 Å². The van der Waals surface area contributed by atoms with Crippen molar-refractivity contribution in [2.75, 3.05) is 0 Å². The molecule has 0 amide bonds. The van der Waals surface area contributed by atoms with Gasteiger partial charge in [0.25, 0.3) is 0 Å². The maximum absolute atomic E-state index is 2.90. The third-order valence-corrected chi connectivity index (χ3v) is 25.2. The fraction of sp³-hybridized carbons (Fsp3) is 0.692. The molecule has 5 heteroatoms. The van der Waals surface area contributed by atoms with Crippen molar-refractivity contribution in [2.45, 2.75) is 109 Å². The molecule has 4 rings (SSSR count). The van der Waals surface area contributed by atoms with Crippen LogP contribution in [0.1, 0.15) is 65.2 Å². The van der Waals surface area contributed by atoms with Crippen molar-refractivity contribution >= 4 is 16.1 Å². The molecule has 2 fully saturated rings. The molecule has 0 nitrogen and oxygen atoms in total. The van der Waals surface area contributed by atoms with Crippen LogP contribution in [-0.2, 0) is 22.9 Å². The first-order valence-electron chi connectivity index (χ1n) is 12.5. The maximum Gasteiger partial charge on any atom is -1.00 e. The summed E-state index contributed by atoms with van der Waals surface area (Å²) in [5, 5.41) is 3.70. The Kier molecular flexibility index (Phi) is 10.0. The van der Waals surface area contributed by atoms with Crippen LogP contribution in [0.2, 0.25) is 43.6 Å². The summed E-state index contributed by atoms with van der Waals surface area (Å²) < 4.78 is 1.03. The number of unbranched alkanes of at least 4 members (excludes halogenated alkanes) is 2. The maximum atomic E-state index is 2.90. The van der Waals surface area contributed by atoms with Crippen molar-refractivity contribution in [2.24, 2.45) is 0 Å². The Labute approximate surface area is 218 Å². The Morgan fingerprint density at radius 2 is 1.13 bits per heavy atom. The van der Waals surface area contributed by atoms with E-state index in [1.165, 1.54) is 51.4 Å². The van der Waals surface area contributed by atoms with Crippen LogP contribution >= 0.6 is 0 Å². The normalized spacial score (nSPS) is 31.5. The molecule has 172 valence electrons. The first kappa shape index (κ1) is 28.1. The zero-order valence-corrected chi connectivity index (χ0v) is 27.3. The van der Waals surface area contributed by atoms with Gasteiger partial charge < -0.3 is 24.8 Å². The zero-order valence-electron chi connectivity index (χ0n) is 20.2. The SMILES string of the molecule is CCCC[C]1([Hf+2][C]2(CCCC)C=CC([Si]3(C)CCC3)=C2)C=CC([Si]2(C)CCC2)=C1.[Cl-].[Cl-]. The molecule has 0 aromatic rings. The number of halogens is 2. The van der Waals surface area contributed by atoms with Crippen LogP contribution in [0.15, 0.2) is 46.8 Å². The Bertz CT molecular complexity index is 687. The summed E-state index contributed by atoms with van der Waals surface area (Å²) in [6.07, 6.45) is 28.0. The fourth-order valence-electron chi connectivity index (χ4n) is 5.93. The predicted molar refractivity (Wildman–Crippen MR) is 131 cm³/mol. The van der Waals surface area contributed by atoms with Crippen LogP contribution in [0.4, 0.5) is 0 Å². The van der Waals surface area contributed by atoms with Crippen LogP contribution in [0.5, 0.6) is 0 Å². The van der Waals surface area contributed by atoms with Gasteiger partial charge in [0.2, 0.25) is 0 Å². The van der Waals surface area contributed by atoms with E-state index in [-0.39, 0.29) is 24.8 Å². The second kappa shape index (κ2) is 11.1. The Balaban J connectivity index is 0.00000171. The molecule has 0 radical (unpaired) electrons. The molecule has 0 aromatic heterocycles. The summed E-state index contributed by atoms with van der Waals surface area (Å²) >= 11 is -0.978. The van der Waals surface area contributed by atoms with Crippen LogP contribution in [0.3, 0.4) is 0 Å². The van der Waals surface area contributed by atoms with E-state index < -0.39 is 39.1 Å². The smallest absolute Gasteiger partial charge is 1.00 e. The molecule has 2 saturated heterocycles. The van der Waals surface area contributed by atoms with Gasteiger partial charge in [-0.2, -0.15) is 0 Å². The van der Waals surface area contributed by atoms with Crippen molar-refractivity contribution in [3.8, 4) is 0 Å². The molecule has 0 aromatic carbocycles. The Morgan fingerprint density at radius 1 is 0.742 bits per heavy atom. The Hall–Kier alpha value is 0.844. The first-order valence-corrected chi connectivity index (χ1v) is 21.9. The quantitative estimate of drug-likeness (QED) is 0.317. The molecule has 31 heavy (non-hydrogen) atoms. The van der Waals surface area contributed by atoms with Crippen LogP contribution in [-0.4, -0.2) is 16.1 Å². The van der Waals surface area contributed by atoms with Gasteiger partial charge in [-0.25, -0.2) is 0 Å². The molecule has 4 aliphatic rings. The molecule has 2 unspecified atom stereocenters. The van der Waals surface area contributed by atoms with Gasteiger partial charge in [0.15, 0.2) is 0 Å². The second-order valence-corrected chi connectivity index (χ2v) is 28.1. The van der Waals surface area contributed by atoms with Gasteiger partial charge in [0.1, 0.15) is 0 Å². The van der Waals surface area contributed by atoms with Crippen LogP contribution < -0.4 is 24.8 Å². The van der Waals surface area contributed by atoms with Crippen molar-refractivity contribution in [1.29, 1.82) is 0 Å². The minimum atomic E-state index is -1.06. The molecule has 0 N–H and O–H groups in total. The molecule has 0 spiro atoms. The number of hydrogen-bond acceptors (Lipinski definition) is 0. The number of hydrogen-bond donors (Lipinski definition) is 0. The van der Waals surface area contributed by atoms with Gasteiger partial charge in [-0.05, 0) is 0 Å². The summed E-state index contributed by atoms with van der Waals surface area (Å²) in [5.41, 5.74) is 0. The zero-order chi connectivity index (χ0) is 20.6. The third-order valence-electron chi connectivity index (χ3n) is 8.61. The van der Waals surface area contributed by atoms with E-state index in [1.54, 1.807) is 24.2 Å². The van der Waals surface area contributed by atoms with E-state index in [1.807, 2.05) is 10.4 Å². The fourth-order valence-corrected chi connectivity index (χ4v) is 21.2. The van der Waals surface area contributed by atoms with Crippen LogP contribution in [0, 0.1) is 0 Å². The summed E-state index contributed by atoms with van der Waals surface area (Å²) in [4.78, 5) is 0. The van der Waals surface area contributed by atoms with E-state index in [4.69, 9.17) is 0 Å². The molecule has 2 aliphatic carbocycles. The summed E-state index contributed by atoms with van der Waals surface area (Å²) in [5.74, 6) is 0. The van der Waals surface area contributed by atoms with Gasteiger partial charge in [-0.3, -0.25) is 0 Å². The van der Waals surface area contributed by atoms with E-state index in [0.717, 1.165) is 0 Å². The molecular formula is C26H42Cl2HfSi2. The molecule has 0 saturated carbocycles. The third kappa shape index (κ3) is 5.74. The summed E-state index contributed by atoms with van der Waals surface area (Å²) in [6, 6.07) is 6.21. The average molecular weight is 660 g/mol. The topological polar surface area (TPSA) is 0 Å². The minimum Gasteiger partial charge on any atom is -1.00 e. The largest absolute Gasteiger partial charge is 1.00 e. The van der Waals surface area contributed by atoms with Gasteiger partial charge >= 0.3 is 195 Å². The van der Waals surface area contributed by atoms with Crippen LogP contribution in [0.25, 0.3) is 0 Å². The van der Waals surface area contributed by atoms with E-state index >= 15 is 0 Å². The monoisotopic (exact) mass is 660 g/mol. The average Bonchev–Trinajstić information content (AvgIpc) is 3.27. The molecule has 2 aliphatic heterocycles. The predicted octanol–water partition coefficient (Wildman–Crippen LogP) is 2.81. The standard InChI is InChI=1S/2C13H21Si.2ClH.Hf/c2*1-3-4-6-12-7-8-13(11-12)14(2)9-5-10-14;;;/h2*7-8,11H,3-6,9-10H2,1-2H3;2*1H;/q;;;;+2/p-2. The second-order valence-electron chi connectivity index (χ2n) is 11.1. The molecule has 2 heterocycles. The van der Waals surface area contributed by atoms with E-state index in [9.17, 15) is 0 Å². The number of allylic oxidation sites excluding steroid dienone is 8. The summed E-state index contributed by atoms with van der Waals surface area (Å²) in [7, 11) is -2.12. The van der Waals surface area contributed by atoms with Gasteiger partial charge in [0, 0.05) is 0 Å². The molecule has 0 bridgehead atoms. The van der Waals surface area contributed by atoms with Crippen molar-refractivity contribution in [3.63, 3.8) is 0 Å². The van der Waals surface area contributed by atoms with Crippen molar-refractivity contribution in [3.05, 3.63) is 46.8 Å².